The second-order valence-corrected chi connectivity index (χ2v) is 7.36. The molecule has 1 aromatic carbocycles. The van der Waals surface area contributed by atoms with Gasteiger partial charge < -0.3 is 0 Å². The Morgan fingerprint density at radius 1 is 1.16 bits per heavy atom. The maximum atomic E-state index is 12.2. The lowest BCUT2D eigenvalue weighted by Gasteiger charge is -2.09. The lowest BCUT2D eigenvalue weighted by atomic mass is 10.2. The fourth-order valence-corrected chi connectivity index (χ4v) is 3.34. The summed E-state index contributed by atoms with van der Waals surface area (Å²) >= 11 is 6.57. The molecule has 0 saturated heterocycles. The van der Waals surface area contributed by atoms with Gasteiger partial charge in [-0.2, -0.15) is 0 Å². The van der Waals surface area contributed by atoms with Gasteiger partial charge in [0.2, 0.25) is 0 Å². The van der Waals surface area contributed by atoms with E-state index in [2.05, 4.69) is 41.6 Å². The molecular weight excluding hydrogens is 396 g/mol. The summed E-state index contributed by atoms with van der Waals surface area (Å²) in [4.78, 5) is 3.96. The quantitative estimate of drug-likeness (QED) is 0.846. The van der Waals surface area contributed by atoms with Crippen LogP contribution in [-0.2, 0) is 10.0 Å². The molecule has 0 radical (unpaired) electrons. The Bertz CT molecular complexity index is 717. The van der Waals surface area contributed by atoms with E-state index >= 15 is 0 Å². The molecule has 0 aliphatic rings. The van der Waals surface area contributed by atoms with E-state index in [1.807, 2.05) is 13.0 Å². The maximum absolute atomic E-state index is 12.2. The SMILES string of the molecule is Cc1ccc(NS(=O)(=O)c2cncc(Br)c2)cc1Br. The number of nitrogens with zero attached hydrogens (tertiary/aromatic N) is 1. The zero-order valence-electron chi connectivity index (χ0n) is 9.89. The van der Waals surface area contributed by atoms with Crippen LogP contribution < -0.4 is 4.72 Å². The fourth-order valence-electron chi connectivity index (χ4n) is 1.41. The Balaban J connectivity index is 2.33. The van der Waals surface area contributed by atoms with Gasteiger partial charge in [-0.25, -0.2) is 8.42 Å². The number of rotatable bonds is 3. The smallest absolute Gasteiger partial charge is 0.263 e. The van der Waals surface area contributed by atoms with Gasteiger partial charge in [-0.15, -0.1) is 0 Å². The first-order valence-corrected chi connectivity index (χ1v) is 8.35. The van der Waals surface area contributed by atoms with Crippen LogP contribution in [-0.4, -0.2) is 13.4 Å². The highest BCUT2D eigenvalue weighted by Gasteiger charge is 2.15. The molecule has 4 nitrogen and oxygen atoms in total. The van der Waals surface area contributed by atoms with Crippen molar-refractivity contribution in [1.29, 1.82) is 0 Å². The molecule has 1 N–H and O–H groups in total. The standard InChI is InChI=1S/C12H10Br2N2O2S/c1-8-2-3-10(5-12(8)14)16-19(17,18)11-4-9(13)6-15-7-11/h2-7,16H,1H3. The van der Waals surface area contributed by atoms with Gasteiger partial charge in [0, 0.05) is 27.0 Å². The van der Waals surface area contributed by atoms with E-state index in [1.54, 1.807) is 12.1 Å². The van der Waals surface area contributed by atoms with Gasteiger partial charge in [0.25, 0.3) is 10.0 Å². The van der Waals surface area contributed by atoms with Crippen LogP contribution in [0.25, 0.3) is 0 Å². The average Bonchev–Trinajstić information content (AvgIpc) is 2.33. The number of halogens is 2. The van der Waals surface area contributed by atoms with Crippen LogP contribution in [0.3, 0.4) is 0 Å². The highest BCUT2D eigenvalue weighted by molar-refractivity contribution is 9.10. The molecule has 0 aliphatic heterocycles. The summed E-state index contributed by atoms with van der Waals surface area (Å²) in [5.41, 5.74) is 1.53. The second-order valence-electron chi connectivity index (χ2n) is 3.91. The number of anilines is 1. The van der Waals surface area contributed by atoms with Gasteiger partial charge in [-0.3, -0.25) is 9.71 Å². The van der Waals surface area contributed by atoms with Crippen LogP contribution in [0.4, 0.5) is 5.69 Å². The summed E-state index contributed by atoms with van der Waals surface area (Å²) in [6.45, 7) is 1.93. The Morgan fingerprint density at radius 2 is 1.89 bits per heavy atom. The monoisotopic (exact) mass is 404 g/mol. The number of aryl methyl sites for hydroxylation is 1. The maximum Gasteiger partial charge on any atom is 0.263 e. The zero-order valence-corrected chi connectivity index (χ0v) is 13.9. The van der Waals surface area contributed by atoms with Crippen molar-refractivity contribution in [3.63, 3.8) is 0 Å². The van der Waals surface area contributed by atoms with E-state index in [0.29, 0.717) is 10.2 Å². The summed E-state index contributed by atoms with van der Waals surface area (Å²) < 4.78 is 28.3. The normalized spacial score (nSPS) is 11.3. The molecule has 19 heavy (non-hydrogen) atoms. The molecular formula is C12H10Br2N2O2S. The topological polar surface area (TPSA) is 59.1 Å². The molecule has 0 amide bonds. The molecule has 0 atom stereocenters. The number of benzene rings is 1. The Labute approximate surface area is 128 Å². The molecule has 1 heterocycles. The third-order valence-electron chi connectivity index (χ3n) is 2.41. The molecule has 7 heteroatoms. The molecule has 0 saturated carbocycles. The number of pyridine rings is 1. The number of sulfonamides is 1. The molecule has 0 bridgehead atoms. The van der Waals surface area contributed by atoms with Crippen molar-refractivity contribution < 1.29 is 8.42 Å². The van der Waals surface area contributed by atoms with E-state index in [-0.39, 0.29) is 4.90 Å². The molecule has 0 fully saturated rings. The van der Waals surface area contributed by atoms with Crippen molar-refractivity contribution in [2.75, 3.05) is 4.72 Å². The van der Waals surface area contributed by atoms with Crippen LogP contribution in [0.2, 0.25) is 0 Å². The van der Waals surface area contributed by atoms with E-state index < -0.39 is 10.0 Å². The van der Waals surface area contributed by atoms with Gasteiger partial charge in [0.15, 0.2) is 0 Å². The van der Waals surface area contributed by atoms with Crippen molar-refractivity contribution in [2.45, 2.75) is 11.8 Å². The highest BCUT2D eigenvalue weighted by Crippen LogP contribution is 2.23. The van der Waals surface area contributed by atoms with E-state index in [9.17, 15) is 8.42 Å². The van der Waals surface area contributed by atoms with Crippen LogP contribution >= 0.6 is 31.9 Å². The predicted molar refractivity (Wildman–Crippen MR) is 81.6 cm³/mol. The van der Waals surface area contributed by atoms with Crippen molar-refractivity contribution >= 4 is 47.6 Å². The van der Waals surface area contributed by atoms with E-state index in [4.69, 9.17) is 0 Å². The van der Waals surface area contributed by atoms with Crippen LogP contribution in [0.5, 0.6) is 0 Å². The van der Waals surface area contributed by atoms with E-state index in [0.717, 1.165) is 10.0 Å². The minimum Gasteiger partial charge on any atom is -0.280 e. The van der Waals surface area contributed by atoms with Crippen molar-refractivity contribution in [3.8, 4) is 0 Å². The Hall–Kier alpha value is -0.920. The largest absolute Gasteiger partial charge is 0.280 e. The third kappa shape index (κ3) is 3.55. The zero-order chi connectivity index (χ0) is 14.0. The van der Waals surface area contributed by atoms with Gasteiger partial charge >= 0.3 is 0 Å². The second kappa shape index (κ2) is 5.60. The molecule has 2 aromatic rings. The lowest BCUT2D eigenvalue weighted by Crippen LogP contribution is -2.13. The summed E-state index contributed by atoms with van der Waals surface area (Å²) in [5.74, 6) is 0. The molecule has 100 valence electrons. The first-order valence-electron chi connectivity index (χ1n) is 5.28. The van der Waals surface area contributed by atoms with Crippen LogP contribution in [0.1, 0.15) is 5.56 Å². The van der Waals surface area contributed by atoms with Crippen molar-refractivity contribution in [3.05, 3.63) is 51.2 Å². The first kappa shape index (κ1) is 14.5. The van der Waals surface area contributed by atoms with Crippen LogP contribution in [0, 0.1) is 6.92 Å². The van der Waals surface area contributed by atoms with Crippen LogP contribution in [0.15, 0.2) is 50.5 Å². The van der Waals surface area contributed by atoms with Gasteiger partial charge in [0.1, 0.15) is 4.90 Å². The minimum absolute atomic E-state index is 0.110. The first-order chi connectivity index (χ1) is 8.88. The molecule has 1 aromatic heterocycles. The van der Waals surface area contributed by atoms with Gasteiger partial charge in [-0.05, 0) is 46.6 Å². The number of aromatic nitrogens is 1. The molecule has 0 aliphatic carbocycles. The predicted octanol–water partition coefficient (Wildman–Crippen LogP) is 3.72. The molecule has 0 spiro atoms. The number of hydrogen-bond donors (Lipinski definition) is 1. The summed E-state index contributed by atoms with van der Waals surface area (Å²) in [7, 11) is -3.63. The van der Waals surface area contributed by atoms with Crippen molar-refractivity contribution in [2.24, 2.45) is 0 Å². The lowest BCUT2D eigenvalue weighted by molar-refractivity contribution is 0.600. The summed E-state index contributed by atoms with van der Waals surface area (Å²) in [6.07, 6.45) is 2.83. The van der Waals surface area contributed by atoms with Gasteiger partial charge in [0.05, 0.1) is 0 Å². The van der Waals surface area contributed by atoms with Gasteiger partial charge in [-0.1, -0.05) is 22.0 Å². The number of nitrogens with one attached hydrogen (secondary N) is 1. The van der Waals surface area contributed by atoms with E-state index in [1.165, 1.54) is 18.5 Å². The minimum atomic E-state index is -3.63. The molecule has 0 unspecified atom stereocenters. The summed E-state index contributed by atoms with van der Waals surface area (Å²) in [5, 5.41) is 0. The average molecular weight is 406 g/mol. The highest BCUT2D eigenvalue weighted by atomic mass is 79.9. The van der Waals surface area contributed by atoms with Crippen molar-refractivity contribution in [1.82, 2.24) is 4.98 Å². The Morgan fingerprint density at radius 3 is 2.53 bits per heavy atom. The number of hydrogen-bond acceptors (Lipinski definition) is 3. The third-order valence-corrected chi connectivity index (χ3v) is 5.05. The fraction of sp³-hybridized carbons (Fsp3) is 0.0833. The molecule has 2 rings (SSSR count). The summed E-state index contributed by atoms with van der Waals surface area (Å²) in [6, 6.07) is 6.76. The Kier molecular flexibility index (Phi) is 4.27.